The Hall–Kier alpha value is -3.75. The van der Waals surface area contributed by atoms with E-state index in [1.54, 1.807) is 13.3 Å². The van der Waals surface area contributed by atoms with E-state index < -0.39 is 23.6 Å². The first-order valence-corrected chi connectivity index (χ1v) is 11.0. The molecule has 0 bridgehead atoms. The van der Waals surface area contributed by atoms with Gasteiger partial charge in [0.25, 0.3) is 5.91 Å². The number of imidazole rings is 1. The molecule has 7 nitrogen and oxygen atoms in total. The number of nitrogens with zero attached hydrogens (tertiary/aromatic N) is 3. The molecule has 1 unspecified atom stereocenters. The molecule has 3 aromatic rings. The minimum Gasteiger partial charge on any atom is -0.497 e. The lowest BCUT2D eigenvalue weighted by Crippen LogP contribution is -2.44. The molecule has 178 valence electrons. The van der Waals surface area contributed by atoms with Gasteiger partial charge in [-0.25, -0.2) is 13.8 Å². The zero-order valence-electron chi connectivity index (χ0n) is 19.0. The molecule has 34 heavy (non-hydrogen) atoms. The highest BCUT2D eigenvalue weighted by Crippen LogP contribution is 2.26. The summed E-state index contributed by atoms with van der Waals surface area (Å²) in [5.41, 5.74) is 0.696. The molecule has 2 aromatic carbocycles. The van der Waals surface area contributed by atoms with Gasteiger partial charge in [0.2, 0.25) is 5.91 Å². The van der Waals surface area contributed by atoms with Gasteiger partial charge in [-0.1, -0.05) is 12.1 Å². The van der Waals surface area contributed by atoms with E-state index in [1.165, 1.54) is 4.90 Å². The van der Waals surface area contributed by atoms with E-state index >= 15 is 0 Å². The van der Waals surface area contributed by atoms with E-state index in [2.05, 4.69) is 10.3 Å². The van der Waals surface area contributed by atoms with E-state index in [-0.39, 0.29) is 17.4 Å². The van der Waals surface area contributed by atoms with Crippen LogP contribution in [0.3, 0.4) is 0 Å². The number of hydrogen-bond donors (Lipinski definition) is 1. The van der Waals surface area contributed by atoms with Crippen molar-refractivity contribution in [1.82, 2.24) is 19.8 Å². The first kappa shape index (κ1) is 23.4. The number of rotatable bonds is 6. The average molecular weight is 469 g/mol. The van der Waals surface area contributed by atoms with Crippen molar-refractivity contribution in [3.8, 4) is 5.75 Å². The smallest absolute Gasteiger partial charge is 0.256 e. The predicted octanol–water partition coefficient (Wildman–Crippen LogP) is 3.46. The van der Waals surface area contributed by atoms with Crippen LogP contribution < -0.4 is 10.1 Å². The zero-order valence-corrected chi connectivity index (χ0v) is 19.0. The molecule has 4 rings (SSSR count). The normalized spacial score (nSPS) is 15.1. The standard InChI is InChI=1S/C25H26F2N4O3/c1-30-14-11-28-23(30)22(16-3-6-19(34-2)7-4-16)29-24(32)17-9-12-31(13-10-17)25(33)20-8-5-18(26)15-21(20)27/h3-8,11,14-15,17,22H,9-10,12-13H2,1-2H3,(H,29,32). The maximum absolute atomic E-state index is 14.0. The maximum Gasteiger partial charge on any atom is 0.256 e. The van der Waals surface area contributed by atoms with E-state index in [1.807, 2.05) is 42.1 Å². The molecule has 1 N–H and O–H groups in total. The zero-order chi connectivity index (χ0) is 24.2. The lowest BCUT2D eigenvalue weighted by Gasteiger charge is -2.32. The Labute approximate surface area is 196 Å². The summed E-state index contributed by atoms with van der Waals surface area (Å²) in [7, 11) is 3.46. The fourth-order valence-corrected chi connectivity index (χ4v) is 4.19. The van der Waals surface area contributed by atoms with Gasteiger partial charge in [0, 0.05) is 44.5 Å². The predicted molar refractivity (Wildman–Crippen MR) is 121 cm³/mol. The SMILES string of the molecule is COc1ccc(C(NC(=O)C2CCN(C(=O)c3ccc(F)cc3F)CC2)c2nccn2C)cc1. The van der Waals surface area contributed by atoms with Gasteiger partial charge in [-0.3, -0.25) is 9.59 Å². The third kappa shape index (κ3) is 4.93. The van der Waals surface area contributed by atoms with Crippen LogP contribution in [0.25, 0.3) is 0 Å². The number of amides is 2. The van der Waals surface area contributed by atoms with Gasteiger partial charge in [-0.05, 0) is 42.7 Å². The Morgan fingerprint density at radius 2 is 1.82 bits per heavy atom. The van der Waals surface area contributed by atoms with Crippen LogP contribution in [0.4, 0.5) is 8.78 Å². The number of benzene rings is 2. The second kappa shape index (κ2) is 10.0. The molecule has 0 spiro atoms. The number of piperidine rings is 1. The molecule has 9 heteroatoms. The highest BCUT2D eigenvalue weighted by atomic mass is 19.1. The van der Waals surface area contributed by atoms with E-state index in [9.17, 15) is 18.4 Å². The number of aryl methyl sites for hydroxylation is 1. The van der Waals surface area contributed by atoms with Crippen LogP contribution in [-0.4, -0.2) is 46.5 Å². The quantitative estimate of drug-likeness (QED) is 0.601. The number of ether oxygens (including phenoxy) is 1. The molecule has 1 aliphatic heterocycles. The van der Waals surface area contributed by atoms with Crippen LogP contribution >= 0.6 is 0 Å². The largest absolute Gasteiger partial charge is 0.497 e. The number of carbonyl (C=O) groups excluding carboxylic acids is 2. The van der Waals surface area contributed by atoms with Gasteiger partial charge >= 0.3 is 0 Å². The number of carbonyl (C=O) groups is 2. The van der Waals surface area contributed by atoms with Gasteiger partial charge < -0.3 is 19.5 Å². The Balaban J connectivity index is 1.44. The van der Waals surface area contributed by atoms with Crippen LogP contribution in [0.5, 0.6) is 5.75 Å². The van der Waals surface area contributed by atoms with Gasteiger partial charge in [-0.2, -0.15) is 0 Å². The Kier molecular flexibility index (Phi) is 6.90. The third-order valence-corrected chi connectivity index (χ3v) is 6.17. The van der Waals surface area contributed by atoms with Crippen molar-refractivity contribution >= 4 is 11.8 Å². The molecule has 0 saturated carbocycles. The summed E-state index contributed by atoms with van der Waals surface area (Å²) in [5, 5.41) is 3.11. The number of hydrogen-bond acceptors (Lipinski definition) is 4. The summed E-state index contributed by atoms with van der Waals surface area (Å²) < 4.78 is 34.3. The number of likely N-dealkylation sites (tertiary alicyclic amines) is 1. The molecular weight excluding hydrogens is 442 g/mol. The second-order valence-electron chi connectivity index (χ2n) is 8.30. The summed E-state index contributed by atoms with van der Waals surface area (Å²) >= 11 is 0. The maximum atomic E-state index is 14.0. The monoisotopic (exact) mass is 468 g/mol. The first-order valence-electron chi connectivity index (χ1n) is 11.0. The Morgan fingerprint density at radius 1 is 1.12 bits per heavy atom. The minimum absolute atomic E-state index is 0.135. The highest BCUT2D eigenvalue weighted by molar-refractivity contribution is 5.94. The van der Waals surface area contributed by atoms with Crippen LogP contribution in [-0.2, 0) is 11.8 Å². The van der Waals surface area contributed by atoms with Crippen LogP contribution in [0, 0.1) is 17.6 Å². The molecule has 1 saturated heterocycles. The molecule has 0 radical (unpaired) electrons. The average Bonchev–Trinajstić information content (AvgIpc) is 3.27. The van der Waals surface area contributed by atoms with Gasteiger partial charge in [-0.15, -0.1) is 0 Å². The molecule has 1 aliphatic rings. The Morgan fingerprint density at radius 3 is 2.41 bits per heavy atom. The number of nitrogens with one attached hydrogen (secondary N) is 1. The lowest BCUT2D eigenvalue weighted by molar-refractivity contribution is -0.126. The number of methoxy groups -OCH3 is 1. The van der Waals surface area contributed by atoms with Crippen LogP contribution in [0.1, 0.15) is 40.6 Å². The van der Waals surface area contributed by atoms with Crippen molar-refractivity contribution in [3.05, 3.63) is 83.4 Å². The number of halogens is 2. The fourth-order valence-electron chi connectivity index (χ4n) is 4.19. The van der Waals surface area contributed by atoms with E-state index in [0.717, 1.165) is 17.7 Å². The van der Waals surface area contributed by atoms with E-state index in [0.29, 0.717) is 43.6 Å². The van der Waals surface area contributed by atoms with Crippen molar-refractivity contribution in [3.63, 3.8) is 0 Å². The van der Waals surface area contributed by atoms with Crippen molar-refractivity contribution in [1.29, 1.82) is 0 Å². The van der Waals surface area contributed by atoms with E-state index in [4.69, 9.17) is 4.74 Å². The van der Waals surface area contributed by atoms with Crippen LogP contribution in [0.2, 0.25) is 0 Å². The molecule has 1 aromatic heterocycles. The highest BCUT2D eigenvalue weighted by Gasteiger charge is 2.31. The molecule has 1 atom stereocenters. The first-order chi connectivity index (χ1) is 16.4. The molecule has 2 heterocycles. The molecule has 2 amide bonds. The molecular formula is C25H26F2N4O3. The summed E-state index contributed by atoms with van der Waals surface area (Å²) in [6.07, 6.45) is 4.37. The third-order valence-electron chi connectivity index (χ3n) is 6.17. The summed E-state index contributed by atoms with van der Waals surface area (Å²) in [6.45, 7) is 0.618. The second-order valence-corrected chi connectivity index (χ2v) is 8.30. The molecule has 1 fully saturated rings. The van der Waals surface area contributed by atoms with Crippen molar-refractivity contribution in [2.75, 3.05) is 20.2 Å². The van der Waals surface area contributed by atoms with Gasteiger partial charge in [0.15, 0.2) is 0 Å². The van der Waals surface area contributed by atoms with Crippen molar-refractivity contribution < 1.29 is 23.1 Å². The topological polar surface area (TPSA) is 76.5 Å². The minimum atomic E-state index is -0.887. The number of aromatic nitrogens is 2. The fraction of sp³-hybridized carbons (Fsp3) is 0.320. The summed E-state index contributed by atoms with van der Waals surface area (Å²) in [5.74, 6) is -1.15. The van der Waals surface area contributed by atoms with Gasteiger partial charge in [0.1, 0.15) is 29.3 Å². The van der Waals surface area contributed by atoms with Crippen molar-refractivity contribution in [2.24, 2.45) is 13.0 Å². The summed E-state index contributed by atoms with van der Waals surface area (Å²) in [6, 6.07) is 9.89. The van der Waals surface area contributed by atoms with Crippen LogP contribution in [0.15, 0.2) is 54.9 Å². The Bertz CT molecular complexity index is 1170. The summed E-state index contributed by atoms with van der Waals surface area (Å²) in [4.78, 5) is 31.7. The van der Waals surface area contributed by atoms with Crippen molar-refractivity contribution in [2.45, 2.75) is 18.9 Å². The van der Waals surface area contributed by atoms with Gasteiger partial charge in [0.05, 0.1) is 12.7 Å². The molecule has 0 aliphatic carbocycles. The lowest BCUT2D eigenvalue weighted by atomic mass is 9.94.